The lowest BCUT2D eigenvalue weighted by Crippen LogP contribution is -2.67. The predicted octanol–water partition coefficient (Wildman–Crippen LogP) is 1.82. The third kappa shape index (κ3) is 6.72. The Morgan fingerprint density at radius 3 is 2.19 bits per heavy atom. The number of benzene rings is 1. The van der Waals surface area contributed by atoms with E-state index in [0.717, 1.165) is 6.07 Å². The third-order valence-corrected chi connectivity index (χ3v) is 5.93. The lowest BCUT2D eigenvalue weighted by Gasteiger charge is -2.37. The molecule has 11 nitrogen and oxygen atoms in total. The first-order valence-electron chi connectivity index (χ1n) is 11.5. The number of nitrogens with one attached hydrogen (secondary N) is 3. The van der Waals surface area contributed by atoms with Crippen LogP contribution in [-0.4, -0.2) is 70.8 Å². The van der Waals surface area contributed by atoms with Crippen LogP contribution in [0.4, 0.5) is 14.9 Å². The van der Waals surface area contributed by atoms with Crippen molar-refractivity contribution in [3.63, 3.8) is 0 Å². The number of hydrogen-bond acceptors (Lipinski definition) is 6. The molecule has 12 heteroatoms. The number of aldehydes is 1. The van der Waals surface area contributed by atoms with Crippen LogP contribution in [0, 0.1) is 11.2 Å². The van der Waals surface area contributed by atoms with Crippen LogP contribution in [0.1, 0.15) is 57.3 Å². The highest BCUT2D eigenvalue weighted by atomic mass is 19.1. The topological polar surface area (TPSA) is 159 Å². The van der Waals surface area contributed by atoms with Crippen molar-refractivity contribution in [2.45, 2.75) is 59.0 Å². The maximum absolute atomic E-state index is 14.6. The van der Waals surface area contributed by atoms with Crippen molar-refractivity contribution in [3.05, 3.63) is 29.6 Å². The average Bonchev–Trinajstić information content (AvgIpc) is 3.26. The molecule has 1 aliphatic rings. The highest BCUT2D eigenvalue weighted by Crippen LogP contribution is 2.29. The molecule has 5 amide bonds. The minimum absolute atomic E-state index is 0.103. The van der Waals surface area contributed by atoms with Gasteiger partial charge in [0.1, 0.15) is 18.1 Å². The third-order valence-electron chi connectivity index (χ3n) is 5.93. The molecule has 0 saturated carbocycles. The molecule has 1 aliphatic heterocycles. The SMILES string of the molecule is CC(=O)Nc1ccc(C(=O)N[C@H](C(=O)[N+]2(C(=O)N[C@H](C=O)CC(=O)O)CCCC2)C(C)(C)C)c(F)c1. The van der Waals surface area contributed by atoms with Gasteiger partial charge in [-0.05, 0) is 23.6 Å². The van der Waals surface area contributed by atoms with Crippen LogP contribution in [-0.2, 0) is 19.2 Å². The Labute approximate surface area is 208 Å². The summed E-state index contributed by atoms with van der Waals surface area (Å²) < 4.78 is 13.9. The summed E-state index contributed by atoms with van der Waals surface area (Å²) in [5.74, 6) is -4.16. The van der Waals surface area contributed by atoms with Crippen LogP contribution in [0.2, 0.25) is 0 Å². The summed E-state index contributed by atoms with van der Waals surface area (Å²) in [5.41, 5.74) is -1.09. The van der Waals surface area contributed by atoms with Gasteiger partial charge < -0.3 is 20.5 Å². The number of aliphatic carboxylic acids is 1. The Morgan fingerprint density at radius 1 is 1.11 bits per heavy atom. The number of nitrogens with zero attached hydrogens (tertiary/aromatic N) is 1. The summed E-state index contributed by atoms with van der Waals surface area (Å²) in [5, 5.41) is 16.3. The lowest BCUT2D eigenvalue weighted by molar-refractivity contribution is -0.761. The molecular formula is C24H32FN4O7+. The largest absolute Gasteiger partial charge is 0.481 e. The molecule has 1 heterocycles. The summed E-state index contributed by atoms with van der Waals surface area (Å²) in [4.78, 5) is 73.5. The van der Waals surface area contributed by atoms with Crippen molar-refractivity contribution >= 4 is 41.7 Å². The Kier molecular flexibility index (Phi) is 9.03. The molecule has 0 radical (unpaired) electrons. The van der Waals surface area contributed by atoms with Gasteiger partial charge in [-0.15, -0.1) is 0 Å². The fourth-order valence-electron chi connectivity index (χ4n) is 4.09. The summed E-state index contributed by atoms with van der Waals surface area (Å²) in [6, 6.07) is 0.124. The fourth-order valence-corrected chi connectivity index (χ4v) is 4.09. The van der Waals surface area contributed by atoms with Crippen LogP contribution in [0.5, 0.6) is 0 Å². The number of urea groups is 1. The van der Waals surface area contributed by atoms with Gasteiger partial charge in [0.15, 0.2) is 6.04 Å². The molecule has 0 unspecified atom stereocenters. The van der Waals surface area contributed by atoms with E-state index in [0.29, 0.717) is 19.1 Å². The van der Waals surface area contributed by atoms with Crippen LogP contribution in [0.25, 0.3) is 0 Å². The lowest BCUT2D eigenvalue weighted by atomic mass is 9.85. The number of carboxylic acid groups (broad SMARTS) is 1. The molecule has 0 aliphatic carbocycles. The van der Waals surface area contributed by atoms with Crippen molar-refractivity contribution in [2.24, 2.45) is 5.41 Å². The van der Waals surface area contributed by atoms with Crippen LogP contribution < -0.4 is 16.0 Å². The van der Waals surface area contributed by atoms with E-state index in [4.69, 9.17) is 5.11 Å². The molecule has 2 rings (SSSR count). The van der Waals surface area contributed by atoms with Gasteiger partial charge in [-0.25, -0.2) is 14.0 Å². The molecule has 36 heavy (non-hydrogen) atoms. The van der Waals surface area contributed by atoms with Crippen LogP contribution in [0.3, 0.4) is 0 Å². The Morgan fingerprint density at radius 2 is 1.72 bits per heavy atom. The standard InChI is InChI=1S/C24H31FN4O7/c1-14(31)26-15-7-8-17(18(25)11-15)21(34)28-20(24(2,3)4)22(35)29(9-5-6-10-29)23(36)27-16(13-30)12-19(32)33/h7-8,11,13,16,20H,5-6,9-10,12H2,1-4H3,(H3-,26,27,28,31,32,33,34,36)/p+1/t16-,20+/m0/s1. The number of carboxylic acids is 1. The van der Waals surface area contributed by atoms with Crippen molar-refractivity contribution in [1.82, 2.24) is 10.6 Å². The van der Waals surface area contributed by atoms with Gasteiger partial charge in [0.05, 0.1) is 25.1 Å². The predicted molar refractivity (Wildman–Crippen MR) is 126 cm³/mol. The van der Waals surface area contributed by atoms with E-state index < -0.39 is 63.9 Å². The fraction of sp³-hybridized carbons (Fsp3) is 0.500. The number of quaternary nitrogens is 1. The molecule has 2 atom stereocenters. The minimum Gasteiger partial charge on any atom is -0.481 e. The molecule has 1 fully saturated rings. The zero-order valence-corrected chi connectivity index (χ0v) is 20.7. The number of carbonyl (C=O) groups is 6. The Balaban J connectivity index is 2.35. The molecule has 1 saturated heterocycles. The highest BCUT2D eigenvalue weighted by Gasteiger charge is 2.53. The number of halogens is 1. The summed E-state index contributed by atoms with van der Waals surface area (Å²) in [6.07, 6.45) is 0.692. The summed E-state index contributed by atoms with van der Waals surface area (Å²) in [6.45, 7) is 6.49. The summed E-state index contributed by atoms with van der Waals surface area (Å²) >= 11 is 0. The van der Waals surface area contributed by atoms with Crippen molar-refractivity contribution in [2.75, 3.05) is 18.4 Å². The highest BCUT2D eigenvalue weighted by molar-refractivity contribution is 5.99. The van der Waals surface area contributed by atoms with E-state index in [1.165, 1.54) is 19.1 Å². The summed E-state index contributed by atoms with van der Waals surface area (Å²) in [7, 11) is 0. The first-order chi connectivity index (χ1) is 16.7. The minimum atomic E-state index is -1.32. The number of imide groups is 1. The molecule has 0 spiro atoms. The molecule has 1 aromatic carbocycles. The van der Waals surface area contributed by atoms with E-state index >= 15 is 0 Å². The molecule has 4 N–H and O–H groups in total. The molecular weight excluding hydrogens is 475 g/mol. The van der Waals surface area contributed by atoms with Gasteiger partial charge >= 0.3 is 17.9 Å². The number of likely N-dealkylation sites (tertiary alicyclic amines) is 1. The first-order valence-corrected chi connectivity index (χ1v) is 11.5. The van der Waals surface area contributed by atoms with Gasteiger partial charge in [0, 0.05) is 25.5 Å². The molecule has 0 bridgehead atoms. The maximum atomic E-state index is 14.6. The first kappa shape index (κ1) is 28.6. The normalized spacial score (nSPS) is 16.4. The number of anilines is 1. The van der Waals surface area contributed by atoms with Gasteiger partial charge in [0.25, 0.3) is 5.91 Å². The van der Waals surface area contributed by atoms with Crippen LogP contribution in [0.15, 0.2) is 18.2 Å². The smallest absolute Gasteiger partial charge is 0.424 e. The second-order valence-corrected chi connectivity index (χ2v) is 9.90. The number of rotatable bonds is 8. The zero-order valence-electron chi connectivity index (χ0n) is 20.7. The van der Waals surface area contributed by atoms with Gasteiger partial charge in [0.2, 0.25) is 5.91 Å². The van der Waals surface area contributed by atoms with E-state index in [1.54, 1.807) is 20.8 Å². The Bertz CT molecular complexity index is 1060. The maximum Gasteiger partial charge on any atom is 0.424 e. The van der Waals surface area contributed by atoms with Crippen LogP contribution >= 0.6 is 0 Å². The molecule has 0 aromatic heterocycles. The number of hydrogen-bond donors (Lipinski definition) is 4. The van der Waals surface area contributed by atoms with Gasteiger partial charge in [-0.3, -0.25) is 19.7 Å². The van der Waals surface area contributed by atoms with Crippen molar-refractivity contribution in [3.8, 4) is 0 Å². The van der Waals surface area contributed by atoms with E-state index in [1.807, 2.05) is 0 Å². The van der Waals surface area contributed by atoms with E-state index in [9.17, 15) is 33.2 Å². The number of amides is 5. The quantitative estimate of drug-likeness (QED) is 0.308. The van der Waals surface area contributed by atoms with E-state index in [2.05, 4.69) is 16.0 Å². The average molecular weight is 508 g/mol. The number of carbonyl (C=O) groups excluding carboxylic acids is 5. The second kappa shape index (κ2) is 11.4. The van der Waals surface area contributed by atoms with E-state index in [-0.39, 0.29) is 24.3 Å². The zero-order chi connectivity index (χ0) is 27.3. The van der Waals surface area contributed by atoms with Gasteiger partial charge in [-0.2, -0.15) is 4.48 Å². The van der Waals surface area contributed by atoms with Crippen molar-refractivity contribution < 1.29 is 42.7 Å². The monoisotopic (exact) mass is 507 g/mol. The van der Waals surface area contributed by atoms with Gasteiger partial charge in [-0.1, -0.05) is 20.8 Å². The van der Waals surface area contributed by atoms with Crippen molar-refractivity contribution in [1.29, 1.82) is 0 Å². The molecule has 1 aromatic rings. The second-order valence-electron chi connectivity index (χ2n) is 9.90. The Hall–Kier alpha value is -3.67. The molecule has 196 valence electrons.